The fraction of sp³-hybridized carbons (Fsp3) is 0.412. The quantitative estimate of drug-likeness (QED) is 0.267. The maximum atomic E-state index is 14.1. The number of benzene rings is 3. The van der Waals surface area contributed by atoms with Gasteiger partial charge in [0.05, 0.1) is 11.9 Å². The van der Waals surface area contributed by atoms with Crippen molar-refractivity contribution in [3.63, 3.8) is 0 Å². The molecule has 1 N–H and O–H groups in total. The zero-order valence-corrected chi connectivity index (χ0v) is 27.1. The van der Waals surface area contributed by atoms with E-state index in [1.54, 1.807) is 35.2 Å². The smallest absolute Gasteiger partial charge is 0.243 e. The minimum atomic E-state index is -3.67. The second-order valence-corrected chi connectivity index (χ2v) is 14.0. The van der Waals surface area contributed by atoms with Crippen molar-refractivity contribution in [2.75, 3.05) is 30.3 Å². The van der Waals surface area contributed by atoms with Gasteiger partial charge in [0, 0.05) is 43.1 Å². The predicted molar refractivity (Wildman–Crippen MR) is 175 cm³/mol. The molecule has 1 aliphatic heterocycles. The van der Waals surface area contributed by atoms with E-state index in [-0.39, 0.29) is 43.8 Å². The van der Waals surface area contributed by atoms with Gasteiger partial charge in [0.25, 0.3) is 0 Å². The van der Waals surface area contributed by atoms with E-state index in [0.29, 0.717) is 41.8 Å². The van der Waals surface area contributed by atoms with E-state index in [1.165, 1.54) is 4.31 Å². The minimum absolute atomic E-state index is 0.0408. The molecule has 2 amide bonds. The third-order valence-electron chi connectivity index (χ3n) is 8.18. The van der Waals surface area contributed by atoms with Gasteiger partial charge in [0.15, 0.2) is 11.5 Å². The van der Waals surface area contributed by atoms with E-state index in [9.17, 15) is 18.0 Å². The topological polar surface area (TPSA) is 105 Å². The molecule has 11 heteroatoms. The second kappa shape index (κ2) is 15.0. The van der Waals surface area contributed by atoms with Crippen LogP contribution in [0.5, 0.6) is 11.5 Å². The molecule has 0 aromatic heterocycles. The Bertz CT molecular complexity index is 1580. The number of nitrogens with zero attached hydrogens (tertiary/aromatic N) is 2. The van der Waals surface area contributed by atoms with Crippen molar-refractivity contribution in [2.24, 2.45) is 0 Å². The number of rotatable bonds is 13. The fourth-order valence-electron chi connectivity index (χ4n) is 5.94. The first-order chi connectivity index (χ1) is 21.7. The number of sulfonamides is 1. The molecule has 0 radical (unpaired) electrons. The molecule has 0 saturated heterocycles. The SMILES string of the molecule is CS(=O)(=O)N(CCCC(=O)N(Cc1cccc(Cl)c1)C(Cc1ccccc1)C(=O)NC1CCCC1)c1ccc2c(c1)OCCO2. The number of ether oxygens (including phenoxy) is 2. The second-order valence-electron chi connectivity index (χ2n) is 11.6. The third-order valence-corrected chi connectivity index (χ3v) is 9.61. The van der Waals surface area contributed by atoms with E-state index in [1.807, 2.05) is 42.5 Å². The van der Waals surface area contributed by atoms with Crippen molar-refractivity contribution < 1.29 is 27.5 Å². The lowest BCUT2D eigenvalue weighted by Crippen LogP contribution is -2.52. The van der Waals surface area contributed by atoms with Gasteiger partial charge in [-0.05, 0) is 54.7 Å². The van der Waals surface area contributed by atoms with Crippen molar-refractivity contribution in [3.05, 3.63) is 88.9 Å². The number of carbonyl (C=O) groups is 2. The van der Waals surface area contributed by atoms with E-state index < -0.39 is 16.1 Å². The van der Waals surface area contributed by atoms with Gasteiger partial charge >= 0.3 is 0 Å². The molecule has 5 rings (SSSR count). The molecule has 240 valence electrons. The Morgan fingerprint density at radius 3 is 2.36 bits per heavy atom. The summed E-state index contributed by atoms with van der Waals surface area (Å²) in [7, 11) is -3.67. The summed E-state index contributed by atoms with van der Waals surface area (Å²) in [6.45, 7) is 1.07. The van der Waals surface area contributed by atoms with Gasteiger partial charge in [0.2, 0.25) is 21.8 Å². The summed E-state index contributed by atoms with van der Waals surface area (Å²) in [5.41, 5.74) is 2.18. The van der Waals surface area contributed by atoms with E-state index in [0.717, 1.165) is 43.1 Å². The van der Waals surface area contributed by atoms with Gasteiger partial charge < -0.3 is 19.7 Å². The molecule has 0 bridgehead atoms. The standard InChI is InChI=1S/C34H40ClN3O6S/c1-45(41,42)38(29-16-17-31-32(23-29)44-20-19-43-31)18-8-15-33(39)37(24-26-11-7-12-27(35)21-26)30(22-25-9-3-2-4-10-25)34(40)36-28-13-5-6-14-28/h2-4,7,9-12,16-17,21,23,28,30H,5-6,8,13-15,18-20,22,24H2,1H3,(H,36,40). The minimum Gasteiger partial charge on any atom is -0.486 e. The van der Waals surface area contributed by atoms with Crippen molar-refractivity contribution in [2.45, 2.75) is 63.6 Å². The van der Waals surface area contributed by atoms with E-state index >= 15 is 0 Å². The summed E-state index contributed by atoms with van der Waals surface area (Å²) < 4.78 is 38.2. The van der Waals surface area contributed by atoms with Gasteiger partial charge in [0.1, 0.15) is 19.3 Å². The summed E-state index contributed by atoms with van der Waals surface area (Å²) >= 11 is 6.29. The average molecular weight is 654 g/mol. The number of hydrogen-bond donors (Lipinski definition) is 1. The number of carbonyl (C=O) groups excluding carboxylic acids is 2. The van der Waals surface area contributed by atoms with Crippen LogP contribution in [-0.2, 0) is 32.6 Å². The summed E-state index contributed by atoms with van der Waals surface area (Å²) in [5, 5.41) is 3.74. The molecule has 1 unspecified atom stereocenters. The van der Waals surface area contributed by atoms with Crippen LogP contribution in [0.3, 0.4) is 0 Å². The number of fused-ring (bicyclic) bond motifs is 1. The molecule has 1 fully saturated rings. The predicted octanol–water partition coefficient (Wildman–Crippen LogP) is 5.36. The molecular weight excluding hydrogens is 614 g/mol. The lowest BCUT2D eigenvalue weighted by atomic mass is 10.0. The van der Waals surface area contributed by atoms with Crippen LogP contribution in [-0.4, -0.2) is 63.2 Å². The summed E-state index contributed by atoms with van der Waals surface area (Å²) in [6.07, 6.45) is 5.76. The number of amides is 2. The van der Waals surface area contributed by atoms with Crippen molar-refractivity contribution in [1.29, 1.82) is 0 Å². The molecule has 1 aliphatic carbocycles. The van der Waals surface area contributed by atoms with E-state index in [2.05, 4.69) is 5.32 Å². The third kappa shape index (κ3) is 8.92. The first kappa shape index (κ1) is 32.6. The summed E-state index contributed by atoms with van der Waals surface area (Å²) in [6, 6.07) is 21.3. The zero-order chi connectivity index (χ0) is 31.8. The van der Waals surface area contributed by atoms with Crippen LogP contribution in [0, 0.1) is 0 Å². The highest BCUT2D eigenvalue weighted by molar-refractivity contribution is 7.92. The summed E-state index contributed by atoms with van der Waals surface area (Å²) in [5.74, 6) is 0.613. The van der Waals surface area contributed by atoms with Gasteiger partial charge in [-0.1, -0.05) is 66.9 Å². The molecular formula is C34H40ClN3O6S. The Labute approximate surface area is 270 Å². The number of hydrogen-bond acceptors (Lipinski definition) is 6. The van der Waals surface area contributed by atoms with Crippen molar-refractivity contribution >= 4 is 39.1 Å². The molecule has 3 aromatic rings. The first-order valence-corrected chi connectivity index (χ1v) is 17.7. The van der Waals surface area contributed by atoms with Crippen LogP contribution >= 0.6 is 11.6 Å². The Kier molecular flexibility index (Phi) is 10.9. The molecule has 0 spiro atoms. The highest BCUT2D eigenvalue weighted by Gasteiger charge is 2.32. The molecule has 9 nitrogen and oxygen atoms in total. The first-order valence-electron chi connectivity index (χ1n) is 15.4. The van der Waals surface area contributed by atoms with Gasteiger partial charge in [-0.3, -0.25) is 13.9 Å². The number of anilines is 1. The molecule has 45 heavy (non-hydrogen) atoms. The monoisotopic (exact) mass is 653 g/mol. The average Bonchev–Trinajstić information content (AvgIpc) is 3.53. The Balaban J connectivity index is 1.37. The normalized spacial score (nSPS) is 15.3. The van der Waals surface area contributed by atoms with Crippen LogP contribution in [0.25, 0.3) is 0 Å². The van der Waals surface area contributed by atoms with Crippen molar-refractivity contribution in [1.82, 2.24) is 10.2 Å². The van der Waals surface area contributed by atoms with Crippen LogP contribution in [0.1, 0.15) is 49.7 Å². The lowest BCUT2D eigenvalue weighted by Gasteiger charge is -2.33. The largest absolute Gasteiger partial charge is 0.486 e. The fourth-order valence-corrected chi connectivity index (χ4v) is 7.11. The lowest BCUT2D eigenvalue weighted by molar-refractivity contribution is -0.141. The maximum absolute atomic E-state index is 14.1. The van der Waals surface area contributed by atoms with Crippen LogP contribution in [0.15, 0.2) is 72.8 Å². The van der Waals surface area contributed by atoms with Crippen LogP contribution in [0.2, 0.25) is 5.02 Å². The Morgan fingerprint density at radius 2 is 1.64 bits per heavy atom. The zero-order valence-electron chi connectivity index (χ0n) is 25.5. The van der Waals surface area contributed by atoms with Crippen molar-refractivity contribution in [3.8, 4) is 11.5 Å². The molecule has 1 atom stereocenters. The Morgan fingerprint density at radius 1 is 0.933 bits per heavy atom. The highest BCUT2D eigenvalue weighted by Crippen LogP contribution is 2.35. The van der Waals surface area contributed by atoms with Crippen LogP contribution in [0.4, 0.5) is 5.69 Å². The van der Waals surface area contributed by atoms with Gasteiger partial charge in [-0.2, -0.15) is 0 Å². The molecule has 2 aliphatic rings. The van der Waals surface area contributed by atoms with E-state index in [4.69, 9.17) is 21.1 Å². The highest BCUT2D eigenvalue weighted by atomic mass is 35.5. The Hall–Kier alpha value is -3.76. The van der Waals surface area contributed by atoms with Gasteiger partial charge in [-0.25, -0.2) is 8.42 Å². The summed E-state index contributed by atoms with van der Waals surface area (Å²) in [4.78, 5) is 29.6. The molecule has 3 aromatic carbocycles. The molecule has 1 saturated carbocycles. The number of halogens is 1. The maximum Gasteiger partial charge on any atom is 0.243 e. The number of nitrogens with one attached hydrogen (secondary N) is 1. The molecule has 1 heterocycles. The van der Waals surface area contributed by atoms with Crippen LogP contribution < -0.4 is 19.1 Å². The van der Waals surface area contributed by atoms with Gasteiger partial charge in [-0.15, -0.1) is 0 Å².